The Morgan fingerprint density at radius 1 is 1.13 bits per heavy atom. The molecule has 1 atom stereocenters. The van der Waals surface area contributed by atoms with Gasteiger partial charge in [-0.15, -0.1) is 0 Å². The highest BCUT2D eigenvalue weighted by Gasteiger charge is 2.32. The van der Waals surface area contributed by atoms with Gasteiger partial charge in [0.15, 0.2) is 0 Å². The van der Waals surface area contributed by atoms with E-state index in [-0.39, 0.29) is 18.2 Å². The molecule has 0 N–H and O–H groups in total. The minimum Gasteiger partial charge on any atom is -0.444 e. The average Bonchev–Trinajstić information content (AvgIpc) is 2.95. The molecule has 1 amide bonds. The van der Waals surface area contributed by atoms with E-state index in [1.54, 1.807) is 0 Å². The second kappa shape index (κ2) is 7.21. The zero-order chi connectivity index (χ0) is 16.2. The molecule has 0 aromatic heterocycles. The van der Waals surface area contributed by atoms with Gasteiger partial charge in [-0.2, -0.15) is 0 Å². The molecule has 1 unspecified atom stereocenters. The van der Waals surface area contributed by atoms with Crippen LogP contribution in [-0.2, 0) is 4.74 Å². The summed E-state index contributed by atoms with van der Waals surface area (Å²) in [6.45, 7) is 10.1. The molecule has 0 aliphatic carbocycles. The molecule has 5 nitrogen and oxygen atoms in total. The van der Waals surface area contributed by atoms with Crippen molar-refractivity contribution in [3.63, 3.8) is 0 Å². The normalized spacial score (nSPS) is 22.7. The summed E-state index contributed by atoms with van der Waals surface area (Å²) in [6.07, 6.45) is 0.830. The van der Waals surface area contributed by atoms with Gasteiger partial charge in [0.05, 0.1) is 6.54 Å². The van der Waals surface area contributed by atoms with Crippen molar-refractivity contribution in [2.75, 3.05) is 44.2 Å². The molecule has 0 radical (unpaired) electrons. The number of anilines is 1. The lowest BCUT2D eigenvalue weighted by atomic mass is 10.2. The standard InChI is InChI=1S/C18H27N3O2/c1-15(2)21-14-17(23-18(21)22)8-9-19-10-12-20(13-11-19)16-6-4-3-5-7-16/h3-7,15,17H,8-14H2,1-2H3. The van der Waals surface area contributed by atoms with Crippen LogP contribution in [0, 0.1) is 0 Å². The summed E-state index contributed by atoms with van der Waals surface area (Å²) in [6, 6.07) is 10.8. The first-order valence-electron chi connectivity index (χ1n) is 8.63. The van der Waals surface area contributed by atoms with Crippen molar-refractivity contribution < 1.29 is 9.53 Å². The lowest BCUT2D eigenvalue weighted by molar-refractivity contribution is 0.118. The lowest BCUT2D eigenvalue weighted by Gasteiger charge is -2.36. The minimum atomic E-state index is -0.154. The van der Waals surface area contributed by atoms with Crippen LogP contribution in [0.4, 0.5) is 10.5 Å². The highest BCUT2D eigenvalue weighted by Crippen LogP contribution is 2.19. The number of nitrogens with zero attached hydrogens (tertiary/aromatic N) is 3. The van der Waals surface area contributed by atoms with Crippen molar-refractivity contribution in [3.8, 4) is 0 Å². The van der Waals surface area contributed by atoms with Gasteiger partial charge in [0, 0.05) is 44.5 Å². The maximum Gasteiger partial charge on any atom is 0.410 e. The first-order valence-corrected chi connectivity index (χ1v) is 8.63. The lowest BCUT2D eigenvalue weighted by Crippen LogP contribution is -2.47. The van der Waals surface area contributed by atoms with Gasteiger partial charge in [0.2, 0.25) is 0 Å². The number of benzene rings is 1. The molecule has 1 aromatic rings. The molecular weight excluding hydrogens is 290 g/mol. The third kappa shape index (κ3) is 3.96. The molecule has 5 heteroatoms. The molecule has 1 aromatic carbocycles. The average molecular weight is 317 g/mol. The Labute approximate surface area is 138 Å². The van der Waals surface area contributed by atoms with Gasteiger partial charge in [0.25, 0.3) is 0 Å². The number of hydrogen-bond acceptors (Lipinski definition) is 4. The van der Waals surface area contributed by atoms with Crippen LogP contribution in [0.15, 0.2) is 30.3 Å². The summed E-state index contributed by atoms with van der Waals surface area (Å²) in [5, 5.41) is 0. The van der Waals surface area contributed by atoms with Crippen LogP contribution in [0.1, 0.15) is 20.3 Å². The molecule has 126 valence electrons. The number of para-hydroxylation sites is 1. The van der Waals surface area contributed by atoms with Gasteiger partial charge in [-0.25, -0.2) is 4.79 Å². The van der Waals surface area contributed by atoms with E-state index >= 15 is 0 Å². The van der Waals surface area contributed by atoms with E-state index in [0.717, 1.165) is 45.7 Å². The number of carbonyl (C=O) groups excluding carboxylic acids is 1. The third-order valence-electron chi connectivity index (χ3n) is 4.79. The van der Waals surface area contributed by atoms with Crippen molar-refractivity contribution in [2.24, 2.45) is 0 Å². The highest BCUT2D eigenvalue weighted by molar-refractivity contribution is 5.70. The quantitative estimate of drug-likeness (QED) is 0.836. The highest BCUT2D eigenvalue weighted by atomic mass is 16.6. The van der Waals surface area contributed by atoms with E-state index < -0.39 is 0 Å². The number of carbonyl (C=O) groups is 1. The van der Waals surface area contributed by atoms with Crippen molar-refractivity contribution in [2.45, 2.75) is 32.4 Å². The summed E-state index contributed by atoms with van der Waals surface area (Å²) < 4.78 is 5.47. The van der Waals surface area contributed by atoms with Crippen LogP contribution in [0.3, 0.4) is 0 Å². The van der Waals surface area contributed by atoms with Gasteiger partial charge in [0.1, 0.15) is 6.10 Å². The van der Waals surface area contributed by atoms with Crippen LogP contribution < -0.4 is 4.90 Å². The molecular formula is C18H27N3O2. The molecule has 0 spiro atoms. The van der Waals surface area contributed by atoms with Gasteiger partial charge < -0.3 is 14.5 Å². The van der Waals surface area contributed by atoms with Gasteiger partial charge in [-0.05, 0) is 32.4 Å². The van der Waals surface area contributed by atoms with Crippen molar-refractivity contribution >= 4 is 11.8 Å². The molecule has 2 heterocycles. The summed E-state index contributed by atoms with van der Waals surface area (Å²) in [4.78, 5) is 18.5. The zero-order valence-corrected chi connectivity index (χ0v) is 14.1. The molecule has 2 fully saturated rings. The van der Waals surface area contributed by atoms with E-state index in [2.05, 4.69) is 40.1 Å². The fourth-order valence-electron chi connectivity index (χ4n) is 3.31. The van der Waals surface area contributed by atoms with Crippen LogP contribution in [0.2, 0.25) is 0 Å². The maximum atomic E-state index is 11.8. The fraction of sp³-hybridized carbons (Fsp3) is 0.611. The molecule has 2 aliphatic heterocycles. The summed E-state index contributed by atoms with van der Waals surface area (Å²) in [5.41, 5.74) is 1.31. The molecule has 2 saturated heterocycles. The Morgan fingerprint density at radius 3 is 2.43 bits per heavy atom. The van der Waals surface area contributed by atoms with Crippen LogP contribution >= 0.6 is 0 Å². The summed E-state index contributed by atoms with van der Waals surface area (Å²) in [7, 11) is 0. The van der Waals surface area contributed by atoms with Crippen LogP contribution in [0.25, 0.3) is 0 Å². The molecule has 2 aliphatic rings. The fourth-order valence-corrected chi connectivity index (χ4v) is 3.31. The minimum absolute atomic E-state index is 0.0528. The Morgan fingerprint density at radius 2 is 1.83 bits per heavy atom. The van der Waals surface area contributed by atoms with E-state index in [0.29, 0.717) is 0 Å². The third-order valence-corrected chi connectivity index (χ3v) is 4.79. The van der Waals surface area contributed by atoms with Crippen LogP contribution in [-0.4, -0.2) is 67.3 Å². The predicted octanol–water partition coefficient (Wildman–Crippen LogP) is 2.43. The number of piperazine rings is 1. The Balaban J connectivity index is 1.41. The Kier molecular flexibility index (Phi) is 5.06. The van der Waals surface area contributed by atoms with E-state index in [9.17, 15) is 4.79 Å². The van der Waals surface area contributed by atoms with Crippen molar-refractivity contribution in [1.82, 2.24) is 9.80 Å². The van der Waals surface area contributed by atoms with Gasteiger partial charge in [-0.3, -0.25) is 4.90 Å². The second-order valence-electron chi connectivity index (χ2n) is 6.70. The van der Waals surface area contributed by atoms with Crippen LogP contribution in [0.5, 0.6) is 0 Å². The summed E-state index contributed by atoms with van der Waals surface area (Å²) >= 11 is 0. The van der Waals surface area contributed by atoms with Gasteiger partial charge in [-0.1, -0.05) is 18.2 Å². The predicted molar refractivity (Wildman–Crippen MR) is 91.8 cm³/mol. The number of hydrogen-bond donors (Lipinski definition) is 0. The molecule has 23 heavy (non-hydrogen) atoms. The SMILES string of the molecule is CC(C)N1CC(CCN2CCN(c3ccccc3)CC2)OC1=O. The van der Waals surface area contributed by atoms with Crippen molar-refractivity contribution in [1.29, 1.82) is 0 Å². The second-order valence-corrected chi connectivity index (χ2v) is 6.70. The maximum absolute atomic E-state index is 11.8. The smallest absolute Gasteiger partial charge is 0.410 e. The van der Waals surface area contributed by atoms with E-state index in [1.807, 2.05) is 18.7 Å². The van der Waals surface area contributed by atoms with E-state index in [1.165, 1.54) is 5.69 Å². The molecule has 0 bridgehead atoms. The topological polar surface area (TPSA) is 36.0 Å². The first-order chi connectivity index (χ1) is 11.1. The zero-order valence-electron chi connectivity index (χ0n) is 14.1. The summed E-state index contributed by atoms with van der Waals surface area (Å²) in [5.74, 6) is 0. The first kappa shape index (κ1) is 16.1. The number of amides is 1. The molecule has 0 saturated carbocycles. The number of rotatable bonds is 5. The monoisotopic (exact) mass is 317 g/mol. The van der Waals surface area contributed by atoms with E-state index in [4.69, 9.17) is 4.74 Å². The number of ether oxygens (including phenoxy) is 1. The Bertz CT molecular complexity index is 512. The van der Waals surface area contributed by atoms with Crippen molar-refractivity contribution in [3.05, 3.63) is 30.3 Å². The largest absolute Gasteiger partial charge is 0.444 e. The number of cyclic esters (lactones) is 1. The van der Waals surface area contributed by atoms with Gasteiger partial charge >= 0.3 is 6.09 Å². The molecule has 3 rings (SSSR count). The Hall–Kier alpha value is -1.75.